The minimum Gasteiger partial charge on any atom is -0.396 e. The molecule has 0 aliphatic rings. The molecule has 0 aliphatic carbocycles. The van der Waals surface area contributed by atoms with Gasteiger partial charge < -0.3 is 5.73 Å². The lowest BCUT2D eigenvalue weighted by Crippen LogP contribution is -2.27. The number of anilines is 1. The average Bonchev–Trinajstić information content (AvgIpc) is 2.78. The minimum absolute atomic E-state index is 0.0619. The quantitative estimate of drug-likeness (QED) is 0.871. The second-order valence-electron chi connectivity index (χ2n) is 4.01. The maximum absolute atomic E-state index is 12.0. The van der Waals surface area contributed by atoms with E-state index in [9.17, 15) is 8.42 Å². The zero-order valence-corrected chi connectivity index (χ0v) is 12.6. The van der Waals surface area contributed by atoms with Gasteiger partial charge in [0.05, 0.1) is 33.4 Å². The van der Waals surface area contributed by atoms with E-state index in [0.717, 1.165) is 0 Å². The smallest absolute Gasteiger partial charge is 0.240 e. The molecule has 3 N–H and O–H groups in total. The summed E-state index contributed by atoms with van der Waals surface area (Å²) < 4.78 is 28.0. The fraction of sp³-hybridized carbons (Fsp3) is 0.182. The summed E-state index contributed by atoms with van der Waals surface area (Å²) in [4.78, 5) is 0.0619. The minimum atomic E-state index is -3.63. The number of rotatable bonds is 5. The van der Waals surface area contributed by atoms with Crippen LogP contribution in [0.4, 0.5) is 5.69 Å². The van der Waals surface area contributed by atoms with E-state index in [1.807, 2.05) is 0 Å². The maximum Gasteiger partial charge on any atom is 0.240 e. The third-order valence-electron chi connectivity index (χ3n) is 2.49. The van der Waals surface area contributed by atoms with Crippen molar-refractivity contribution in [2.75, 3.05) is 12.3 Å². The van der Waals surface area contributed by atoms with Gasteiger partial charge in [-0.3, -0.25) is 4.68 Å². The molecule has 20 heavy (non-hydrogen) atoms. The van der Waals surface area contributed by atoms with Crippen molar-refractivity contribution in [2.24, 2.45) is 0 Å². The summed E-state index contributed by atoms with van der Waals surface area (Å²) in [5.41, 5.74) is 6.03. The van der Waals surface area contributed by atoms with E-state index in [4.69, 9.17) is 28.9 Å². The Bertz CT molecular complexity index is 715. The number of halogens is 2. The van der Waals surface area contributed by atoms with E-state index < -0.39 is 10.0 Å². The molecule has 108 valence electrons. The van der Waals surface area contributed by atoms with Crippen molar-refractivity contribution in [3.8, 4) is 0 Å². The Kier molecular flexibility index (Phi) is 4.54. The van der Waals surface area contributed by atoms with Crippen LogP contribution < -0.4 is 10.5 Å². The van der Waals surface area contributed by atoms with Crippen LogP contribution in [-0.2, 0) is 16.6 Å². The van der Waals surface area contributed by atoms with Gasteiger partial charge in [0.2, 0.25) is 10.0 Å². The number of nitrogens with zero attached hydrogens (tertiary/aromatic N) is 2. The summed E-state index contributed by atoms with van der Waals surface area (Å²) in [5, 5.41) is 4.44. The predicted molar refractivity (Wildman–Crippen MR) is 78.3 cm³/mol. The summed E-state index contributed by atoms with van der Waals surface area (Å²) in [5.74, 6) is 0. The first-order chi connectivity index (χ1) is 9.38. The molecule has 1 aromatic carbocycles. The number of aromatic nitrogens is 2. The van der Waals surface area contributed by atoms with E-state index in [-0.39, 0.29) is 16.5 Å². The van der Waals surface area contributed by atoms with E-state index in [1.165, 1.54) is 24.4 Å². The van der Waals surface area contributed by atoms with Crippen LogP contribution in [0.2, 0.25) is 10.0 Å². The number of nitrogens with two attached hydrogens (primary N) is 1. The number of sulfonamides is 1. The topological polar surface area (TPSA) is 90.0 Å². The van der Waals surface area contributed by atoms with E-state index >= 15 is 0 Å². The fourth-order valence-corrected chi connectivity index (χ4v) is 2.93. The van der Waals surface area contributed by atoms with Gasteiger partial charge in [-0.2, -0.15) is 5.10 Å². The maximum atomic E-state index is 12.0. The van der Waals surface area contributed by atoms with E-state index in [1.54, 1.807) is 10.9 Å². The van der Waals surface area contributed by atoms with Crippen LogP contribution in [0.3, 0.4) is 0 Å². The number of benzene rings is 1. The number of hydrogen-bond donors (Lipinski definition) is 2. The van der Waals surface area contributed by atoms with Gasteiger partial charge in [0.25, 0.3) is 0 Å². The van der Waals surface area contributed by atoms with Crippen molar-refractivity contribution in [3.05, 3.63) is 40.6 Å². The Balaban J connectivity index is 2.02. The van der Waals surface area contributed by atoms with Gasteiger partial charge >= 0.3 is 0 Å². The molecule has 2 rings (SSSR count). The first kappa shape index (κ1) is 15.1. The van der Waals surface area contributed by atoms with Gasteiger partial charge in [-0.1, -0.05) is 23.2 Å². The summed E-state index contributed by atoms with van der Waals surface area (Å²) in [6.45, 7) is 0.557. The summed E-state index contributed by atoms with van der Waals surface area (Å²) in [7, 11) is -3.63. The molecule has 0 aliphatic heterocycles. The molecule has 0 fully saturated rings. The van der Waals surface area contributed by atoms with Crippen LogP contribution in [0.1, 0.15) is 0 Å². The Morgan fingerprint density at radius 3 is 2.65 bits per heavy atom. The molecule has 1 heterocycles. The molecule has 0 saturated heterocycles. The van der Waals surface area contributed by atoms with Crippen LogP contribution in [0.15, 0.2) is 35.5 Å². The monoisotopic (exact) mass is 334 g/mol. The molecule has 0 unspecified atom stereocenters. The second kappa shape index (κ2) is 6.01. The van der Waals surface area contributed by atoms with Crippen molar-refractivity contribution in [1.82, 2.24) is 14.5 Å². The Morgan fingerprint density at radius 2 is 2.05 bits per heavy atom. The first-order valence-electron chi connectivity index (χ1n) is 5.61. The van der Waals surface area contributed by atoms with Gasteiger partial charge in [-0.05, 0) is 18.2 Å². The molecule has 1 aromatic heterocycles. The second-order valence-corrected chi connectivity index (χ2v) is 6.59. The lowest BCUT2D eigenvalue weighted by Gasteiger charge is -2.07. The van der Waals surface area contributed by atoms with Crippen molar-refractivity contribution in [1.29, 1.82) is 0 Å². The van der Waals surface area contributed by atoms with E-state index in [0.29, 0.717) is 17.3 Å². The largest absolute Gasteiger partial charge is 0.396 e. The molecule has 0 amide bonds. The van der Waals surface area contributed by atoms with Gasteiger partial charge in [0, 0.05) is 12.7 Å². The Labute approximate surface area is 126 Å². The van der Waals surface area contributed by atoms with Crippen molar-refractivity contribution in [2.45, 2.75) is 11.4 Å². The third-order valence-corrected chi connectivity index (χ3v) is 4.69. The molecule has 0 spiro atoms. The van der Waals surface area contributed by atoms with Crippen LogP contribution >= 0.6 is 23.2 Å². The molecular formula is C11H12Cl2N4O2S. The van der Waals surface area contributed by atoms with Gasteiger partial charge in [-0.25, -0.2) is 13.1 Å². The van der Waals surface area contributed by atoms with Crippen LogP contribution in [-0.4, -0.2) is 24.7 Å². The van der Waals surface area contributed by atoms with Gasteiger partial charge in [0.15, 0.2) is 0 Å². The normalized spacial score (nSPS) is 11.7. The molecule has 0 atom stereocenters. The summed E-state index contributed by atoms with van der Waals surface area (Å²) in [6, 6.07) is 4.13. The lowest BCUT2D eigenvalue weighted by atomic mass is 10.4. The molecule has 6 nitrogen and oxygen atoms in total. The van der Waals surface area contributed by atoms with Crippen molar-refractivity contribution >= 4 is 38.9 Å². The Morgan fingerprint density at radius 1 is 1.30 bits per heavy atom. The highest BCUT2D eigenvalue weighted by Crippen LogP contribution is 2.24. The highest BCUT2D eigenvalue weighted by Gasteiger charge is 2.14. The van der Waals surface area contributed by atoms with Crippen LogP contribution in [0, 0.1) is 0 Å². The average molecular weight is 335 g/mol. The molecule has 9 heteroatoms. The Hall–Kier alpha value is -1.28. The number of hydrogen-bond acceptors (Lipinski definition) is 4. The van der Waals surface area contributed by atoms with Crippen molar-refractivity contribution in [3.63, 3.8) is 0 Å². The summed E-state index contributed by atoms with van der Waals surface area (Å²) >= 11 is 11.5. The molecule has 0 radical (unpaired) electrons. The zero-order chi connectivity index (χ0) is 14.8. The lowest BCUT2D eigenvalue weighted by molar-refractivity contribution is 0.561. The van der Waals surface area contributed by atoms with Crippen LogP contribution in [0.5, 0.6) is 0 Å². The number of nitrogen functional groups attached to an aromatic ring is 1. The van der Waals surface area contributed by atoms with Gasteiger partial charge in [0.1, 0.15) is 0 Å². The highest BCUT2D eigenvalue weighted by atomic mass is 35.5. The highest BCUT2D eigenvalue weighted by molar-refractivity contribution is 7.89. The third kappa shape index (κ3) is 3.63. The first-order valence-corrected chi connectivity index (χ1v) is 7.85. The fourth-order valence-electron chi connectivity index (χ4n) is 1.52. The van der Waals surface area contributed by atoms with Gasteiger partial charge in [-0.15, -0.1) is 0 Å². The summed E-state index contributed by atoms with van der Waals surface area (Å²) in [6.07, 6.45) is 3.11. The molecule has 0 saturated carbocycles. The van der Waals surface area contributed by atoms with Crippen molar-refractivity contribution < 1.29 is 8.42 Å². The standard InChI is InChI=1S/C11H12Cl2N4O2S/c12-10-2-1-9(5-11(10)13)20(18,19)16-3-4-17-7-8(14)6-15-17/h1-2,5-7,16H,3-4,14H2. The SMILES string of the molecule is Nc1cnn(CCNS(=O)(=O)c2ccc(Cl)c(Cl)c2)c1. The van der Waals surface area contributed by atoms with Crippen LogP contribution in [0.25, 0.3) is 0 Å². The zero-order valence-electron chi connectivity index (χ0n) is 10.3. The molecule has 2 aromatic rings. The molecular weight excluding hydrogens is 323 g/mol. The number of nitrogens with one attached hydrogen (secondary N) is 1. The molecule has 0 bridgehead atoms. The predicted octanol–water partition coefficient (Wildman–Crippen LogP) is 1.75. The van der Waals surface area contributed by atoms with E-state index in [2.05, 4.69) is 9.82 Å².